The number of carbonyl (C=O) groups excluding carboxylic acids is 2. The van der Waals surface area contributed by atoms with Gasteiger partial charge in [0, 0.05) is 23.4 Å². The summed E-state index contributed by atoms with van der Waals surface area (Å²) in [4.78, 5) is 34.8. The van der Waals surface area contributed by atoms with Crippen molar-refractivity contribution in [2.24, 2.45) is 0 Å². The second-order valence-electron chi connectivity index (χ2n) is 5.32. The molecular formula is C18H16BrNO5. The SMILES string of the molecule is CC(=O)Oc1cccc(C(=O)N[C@@H](Cc2cccc(Br)c2)C(=O)O)c1. The van der Waals surface area contributed by atoms with E-state index in [4.69, 9.17) is 4.74 Å². The van der Waals surface area contributed by atoms with E-state index in [-0.39, 0.29) is 17.7 Å². The van der Waals surface area contributed by atoms with E-state index in [9.17, 15) is 19.5 Å². The van der Waals surface area contributed by atoms with E-state index in [2.05, 4.69) is 21.2 Å². The molecule has 2 N–H and O–H groups in total. The molecule has 7 heteroatoms. The van der Waals surface area contributed by atoms with Gasteiger partial charge in [-0.05, 0) is 35.9 Å². The lowest BCUT2D eigenvalue weighted by atomic mass is 10.1. The molecular weight excluding hydrogens is 390 g/mol. The Bertz CT molecular complexity index is 806. The van der Waals surface area contributed by atoms with E-state index >= 15 is 0 Å². The second-order valence-corrected chi connectivity index (χ2v) is 6.24. The number of nitrogens with one attached hydrogen (secondary N) is 1. The first-order valence-corrected chi connectivity index (χ1v) is 8.21. The van der Waals surface area contributed by atoms with Gasteiger partial charge in [0.25, 0.3) is 5.91 Å². The van der Waals surface area contributed by atoms with Crippen molar-refractivity contribution < 1.29 is 24.2 Å². The highest BCUT2D eigenvalue weighted by molar-refractivity contribution is 9.10. The van der Waals surface area contributed by atoms with Gasteiger partial charge in [0.2, 0.25) is 0 Å². The molecule has 0 saturated heterocycles. The Hall–Kier alpha value is -2.67. The Kier molecular flexibility index (Phi) is 6.30. The van der Waals surface area contributed by atoms with Crippen LogP contribution in [0, 0.1) is 0 Å². The van der Waals surface area contributed by atoms with Gasteiger partial charge in [-0.1, -0.05) is 34.1 Å². The van der Waals surface area contributed by atoms with Crippen molar-refractivity contribution in [1.29, 1.82) is 0 Å². The van der Waals surface area contributed by atoms with Crippen molar-refractivity contribution in [2.75, 3.05) is 0 Å². The standard InChI is InChI=1S/C18H16BrNO5/c1-11(21)25-15-7-3-5-13(10-15)17(22)20-16(18(23)24)9-12-4-2-6-14(19)8-12/h2-8,10,16H,9H2,1H3,(H,20,22)(H,23,24)/t16-/m0/s1. The van der Waals surface area contributed by atoms with Crippen LogP contribution in [-0.4, -0.2) is 29.0 Å². The first-order chi connectivity index (χ1) is 11.8. The van der Waals surface area contributed by atoms with Crippen molar-refractivity contribution in [1.82, 2.24) is 5.32 Å². The minimum atomic E-state index is -1.13. The third kappa shape index (κ3) is 5.72. The third-order valence-electron chi connectivity index (χ3n) is 3.29. The number of esters is 1. The molecule has 0 aliphatic heterocycles. The Morgan fingerprint density at radius 2 is 1.88 bits per heavy atom. The lowest BCUT2D eigenvalue weighted by molar-refractivity contribution is -0.139. The fourth-order valence-corrected chi connectivity index (χ4v) is 2.65. The van der Waals surface area contributed by atoms with E-state index in [0.717, 1.165) is 10.0 Å². The minimum Gasteiger partial charge on any atom is -0.480 e. The van der Waals surface area contributed by atoms with Crippen LogP contribution < -0.4 is 10.1 Å². The average molecular weight is 406 g/mol. The molecule has 0 fully saturated rings. The van der Waals surface area contributed by atoms with Crippen LogP contribution in [0.15, 0.2) is 53.0 Å². The van der Waals surface area contributed by atoms with E-state index < -0.39 is 23.9 Å². The number of rotatable bonds is 6. The highest BCUT2D eigenvalue weighted by Gasteiger charge is 2.21. The largest absolute Gasteiger partial charge is 0.480 e. The van der Waals surface area contributed by atoms with Gasteiger partial charge in [-0.25, -0.2) is 4.79 Å². The smallest absolute Gasteiger partial charge is 0.326 e. The molecule has 25 heavy (non-hydrogen) atoms. The molecule has 0 aliphatic carbocycles. The molecule has 0 heterocycles. The summed E-state index contributed by atoms with van der Waals surface area (Å²) in [5.41, 5.74) is 0.981. The molecule has 1 atom stereocenters. The number of carboxylic acids is 1. The number of carbonyl (C=O) groups is 3. The number of hydrogen-bond donors (Lipinski definition) is 2. The molecule has 2 aromatic carbocycles. The highest BCUT2D eigenvalue weighted by atomic mass is 79.9. The Morgan fingerprint density at radius 3 is 2.52 bits per heavy atom. The molecule has 0 unspecified atom stereocenters. The van der Waals surface area contributed by atoms with Gasteiger partial charge in [0.1, 0.15) is 11.8 Å². The van der Waals surface area contributed by atoms with Crippen LogP contribution in [0.4, 0.5) is 0 Å². The van der Waals surface area contributed by atoms with Gasteiger partial charge in [-0.15, -0.1) is 0 Å². The second kappa shape index (κ2) is 8.43. The summed E-state index contributed by atoms with van der Waals surface area (Å²) in [6.07, 6.45) is 0.143. The van der Waals surface area contributed by atoms with E-state index in [1.165, 1.54) is 25.1 Å². The molecule has 0 spiro atoms. The quantitative estimate of drug-likeness (QED) is 0.569. The number of amides is 1. The summed E-state index contributed by atoms with van der Waals surface area (Å²) in [6, 6.07) is 12.1. The van der Waals surface area contributed by atoms with Crippen LogP contribution in [0.3, 0.4) is 0 Å². The van der Waals surface area contributed by atoms with E-state index in [1.54, 1.807) is 24.3 Å². The molecule has 0 bridgehead atoms. The molecule has 0 radical (unpaired) electrons. The zero-order valence-electron chi connectivity index (χ0n) is 13.4. The van der Waals surface area contributed by atoms with Gasteiger partial charge in [0.05, 0.1) is 0 Å². The number of hydrogen-bond acceptors (Lipinski definition) is 4. The summed E-state index contributed by atoms with van der Waals surface area (Å²) in [7, 11) is 0. The topological polar surface area (TPSA) is 92.7 Å². The number of aliphatic carboxylic acids is 1. The molecule has 0 aromatic heterocycles. The van der Waals surface area contributed by atoms with Crippen LogP contribution in [0.5, 0.6) is 5.75 Å². The number of halogens is 1. The third-order valence-corrected chi connectivity index (χ3v) is 3.78. The molecule has 2 rings (SSSR count). The van der Waals surface area contributed by atoms with Crippen molar-refractivity contribution in [3.05, 3.63) is 64.1 Å². The Labute approximate surface area is 152 Å². The van der Waals surface area contributed by atoms with Gasteiger partial charge in [0.15, 0.2) is 0 Å². The summed E-state index contributed by atoms with van der Waals surface area (Å²) in [5.74, 6) is -1.98. The zero-order chi connectivity index (χ0) is 18.4. The maximum absolute atomic E-state index is 12.3. The molecule has 0 saturated carbocycles. The highest BCUT2D eigenvalue weighted by Crippen LogP contribution is 2.15. The van der Waals surface area contributed by atoms with Crippen molar-refractivity contribution >= 4 is 33.8 Å². The normalized spacial score (nSPS) is 11.4. The van der Waals surface area contributed by atoms with Gasteiger partial charge < -0.3 is 15.2 Å². The van der Waals surface area contributed by atoms with Gasteiger partial charge in [-0.3, -0.25) is 9.59 Å². The summed E-state index contributed by atoms with van der Waals surface area (Å²) in [6.45, 7) is 1.26. The molecule has 6 nitrogen and oxygen atoms in total. The van der Waals surface area contributed by atoms with Crippen LogP contribution in [-0.2, 0) is 16.0 Å². The predicted octanol–water partition coefficient (Wildman–Crippen LogP) is 2.80. The van der Waals surface area contributed by atoms with Crippen LogP contribution >= 0.6 is 15.9 Å². The van der Waals surface area contributed by atoms with Crippen molar-refractivity contribution in [2.45, 2.75) is 19.4 Å². The predicted molar refractivity (Wildman–Crippen MR) is 94.5 cm³/mol. The first kappa shape index (κ1) is 18.7. The Morgan fingerprint density at radius 1 is 1.16 bits per heavy atom. The molecule has 0 aliphatic rings. The van der Waals surface area contributed by atoms with Crippen LogP contribution in [0.2, 0.25) is 0 Å². The summed E-state index contributed by atoms with van der Waals surface area (Å²) in [5, 5.41) is 11.9. The van der Waals surface area contributed by atoms with Crippen LogP contribution in [0.1, 0.15) is 22.8 Å². The van der Waals surface area contributed by atoms with E-state index in [1.807, 2.05) is 6.07 Å². The minimum absolute atomic E-state index is 0.143. The van der Waals surface area contributed by atoms with Crippen molar-refractivity contribution in [3.8, 4) is 5.75 Å². The first-order valence-electron chi connectivity index (χ1n) is 7.42. The summed E-state index contributed by atoms with van der Waals surface area (Å²) >= 11 is 3.33. The van der Waals surface area contributed by atoms with Gasteiger partial charge in [-0.2, -0.15) is 0 Å². The van der Waals surface area contributed by atoms with Crippen molar-refractivity contribution in [3.63, 3.8) is 0 Å². The summed E-state index contributed by atoms with van der Waals surface area (Å²) < 4.78 is 5.75. The lowest BCUT2D eigenvalue weighted by Gasteiger charge is -2.15. The number of carboxylic acid groups (broad SMARTS) is 1. The Balaban J connectivity index is 2.12. The van der Waals surface area contributed by atoms with Crippen LogP contribution in [0.25, 0.3) is 0 Å². The fourth-order valence-electron chi connectivity index (χ4n) is 2.21. The molecule has 130 valence electrons. The number of ether oxygens (including phenoxy) is 1. The average Bonchev–Trinajstić information content (AvgIpc) is 2.53. The molecule has 2 aromatic rings. The fraction of sp³-hybridized carbons (Fsp3) is 0.167. The van der Waals surface area contributed by atoms with Gasteiger partial charge >= 0.3 is 11.9 Å². The van der Waals surface area contributed by atoms with E-state index in [0.29, 0.717) is 0 Å². The maximum Gasteiger partial charge on any atom is 0.326 e. The maximum atomic E-state index is 12.3. The zero-order valence-corrected chi connectivity index (χ0v) is 14.9. The number of benzene rings is 2. The lowest BCUT2D eigenvalue weighted by Crippen LogP contribution is -2.42. The monoisotopic (exact) mass is 405 g/mol. The molecule has 1 amide bonds.